The fourth-order valence-electron chi connectivity index (χ4n) is 5.94. The highest BCUT2D eigenvalue weighted by Crippen LogP contribution is 2.22. The first kappa shape index (κ1) is 48.6. The van der Waals surface area contributed by atoms with Crippen LogP contribution in [-0.2, 0) is 14.3 Å². The summed E-state index contributed by atoms with van der Waals surface area (Å²) in [6, 6.07) is -0.824. The number of aliphatic hydroxyl groups excluding tert-OH is 5. The zero-order valence-electron chi connectivity index (χ0n) is 33.0. The Labute approximate surface area is 321 Å². The largest absolute Gasteiger partial charge is 0.394 e. The zero-order valence-corrected chi connectivity index (χ0v) is 33.0. The molecule has 0 spiro atoms. The molecule has 0 aromatic carbocycles. The van der Waals surface area contributed by atoms with Gasteiger partial charge in [-0.25, -0.2) is 0 Å². The molecule has 0 aliphatic carbocycles. The Morgan fingerprint density at radius 1 is 0.660 bits per heavy atom. The second kappa shape index (κ2) is 34.1. The summed E-state index contributed by atoms with van der Waals surface area (Å²) >= 11 is 0. The van der Waals surface area contributed by atoms with Crippen LogP contribution in [0.1, 0.15) is 142 Å². The second-order valence-corrected chi connectivity index (χ2v) is 14.0. The molecule has 1 aliphatic heterocycles. The smallest absolute Gasteiger partial charge is 0.220 e. The third kappa shape index (κ3) is 25.4. The van der Waals surface area contributed by atoms with Gasteiger partial charge in [0.15, 0.2) is 6.29 Å². The van der Waals surface area contributed by atoms with Crippen LogP contribution in [0, 0.1) is 0 Å². The van der Waals surface area contributed by atoms with E-state index in [1.54, 1.807) is 6.08 Å². The lowest BCUT2D eigenvalue weighted by molar-refractivity contribution is -0.302. The first-order valence-electron chi connectivity index (χ1n) is 20.7. The lowest BCUT2D eigenvalue weighted by atomic mass is 9.99. The van der Waals surface area contributed by atoms with Crippen molar-refractivity contribution in [2.75, 3.05) is 13.2 Å². The molecular formula is C44H75NO8. The molecule has 0 saturated carbocycles. The topological polar surface area (TPSA) is 149 Å². The van der Waals surface area contributed by atoms with Crippen LogP contribution in [0.25, 0.3) is 0 Å². The summed E-state index contributed by atoms with van der Waals surface area (Å²) in [5.41, 5.74) is 0. The van der Waals surface area contributed by atoms with Crippen LogP contribution in [-0.4, -0.2) is 87.5 Å². The molecule has 1 amide bonds. The summed E-state index contributed by atoms with van der Waals surface area (Å²) in [5, 5.41) is 53.9. The molecule has 1 aliphatic rings. The van der Waals surface area contributed by atoms with E-state index in [0.717, 1.165) is 70.6 Å². The highest BCUT2D eigenvalue weighted by atomic mass is 16.7. The summed E-state index contributed by atoms with van der Waals surface area (Å²) in [5.74, 6) is -0.214. The molecule has 0 aromatic heterocycles. The molecule has 304 valence electrons. The number of allylic oxidation sites excluding steroid dienone is 11. The quantitative estimate of drug-likeness (QED) is 0.0302. The van der Waals surface area contributed by atoms with Gasteiger partial charge in [-0.1, -0.05) is 145 Å². The highest BCUT2D eigenvalue weighted by Gasteiger charge is 2.44. The Bertz CT molecular complexity index is 1050. The van der Waals surface area contributed by atoms with Crippen molar-refractivity contribution in [2.45, 2.75) is 185 Å². The number of carbonyl (C=O) groups excluding carboxylic acids is 1. The molecule has 9 heteroatoms. The van der Waals surface area contributed by atoms with E-state index >= 15 is 0 Å². The molecule has 53 heavy (non-hydrogen) atoms. The standard InChI is InChI=1S/C44H75NO8/c1-3-5-7-9-11-13-15-16-17-18-19-20-21-22-24-26-28-30-32-34-40(48)45-37(36-52-44-43(51)42(50)41(49)39(35-46)53-44)38(47)33-31-29-27-25-23-14-12-10-8-6-4-2/h5,7,11,13,16-17,19-20,22,24,31,33,37-39,41-44,46-47,49-51H,3-4,6,8-10,12,14-15,18,21,23,25-30,32,34-36H2,1-2H3,(H,45,48)/b7-5-,13-11-,17-16-,20-19-,24-22-,33-31+. The van der Waals surface area contributed by atoms with Crippen LogP contribution in [0.2, 0.25) is 0 Å². The van der Waals surface area contributed by atoms with Crippen molar-refractivity contribution in [3.63, 3.8) is 0 Å². The van der Waals surface area contributed by atoms with Crippen molar-refractivity contribution in [1.82, 2.24) is 5.32 Å². The van der Waals surface area contributed by atoms with Crippen LogP contribution in [0.5, 0.6) is 0 Å². The van der Waals surface area contributed by atoms with Gasteiger partial charge in [-0.3, -0.25) is 4.79 Å². The lowest BCUT2D eigenvalue weighted by Gasteiger charge is -2.40. The SMILES string of the molecule is CC/C=C\C/C=C\C/C=C\C/C=C\C/C=C\CCCCCC(=O)NC(COC1OC(CO)C(O)C(O)C1O)C(O)/C=C/CCCCCCCCCCC. The van der Waals surface area contributed by atoms with Crippen LogP contribution >= 0.6 is 0 Å². The number of aliphatic hydroxyl groups is 5. The maximum absolute atomic E-state index is 12.9. The molecular weight excluding hydrogens is 670 g/mol. The normalized spacial score (nSPS) is 22.4. The average molecular weight is 746 g/mol. The van der Waals surface area contributed by atoms with Crippen molar-refractivity contribution in [2.24, 2.45) is 0 Å². The van der Waals surface area contributed by atoms with E-state index in [0.29, 0.717) is 12.8 Å². The van der Waals surface area contributed by atoms with E-state index in [1.165, 1.54) is 44.9 Å². The Balaban J connectivity index is 2.43. The van der Waals surface area contributed by atoms with Gasteiger partial charge in [0.25, 0.3) is 0 Å². The van der Waals surface area contributed by atoms with Crippen LogP contribution in [0.3, 0.4) is 0 Å². The number of unbranched alkanes of at least 4 members (excludes halogenated alkanes) is 12. The van der Waals surface area contributed by atoms with Gasteiger partial charge in [0.2, 0.25) is 5.91 Å². The minimum atomic E-state index is -1.57. The third-order valence-corrected chi connectivity index (χ3v) is 9.29. The van der Waals surface area contributed by atoms with Gasteiger partial charge in [-0.15, -0.1) is 0 Å². The lowest BCUT2D eigenvalue weighted by Crippen LogP contribution is -2.60. The summed E-state index contributed by atoms with van der Waals surface area (Å²) in [6.07, 6.45) is 38.0. The number of rotatable bonds is 32. The van der Waals surface area contributed by atoms with Gasteiger partial charge >= 0.3 is 0 Å². The highest BCUT2D eigenvalue weighted by molar-refractivity contribution is 5.76. The third-order valence-electron chi connectivity index (χ3n) is 9.29. The number of nitrogens with one attached hydrogen (secondary N) is 1. The van der Waals surface area contributed by atoms with Gasteiger partial charge in [0.05, 0.1) is 25.4 Å². The minimum absolute atomic E-state index is 0.206. The average Bonchev–Trinajstić information content (AvgIpc) is 3.16. The predicted octanol–water partition coefficient (Wildman–Crippen LogP) is 7.83. The maximum Gasteiger partial charge on any atom is 0.220 e. The van der Waals surface area contributed by atoms with Gasteiger partial charge in [0.1, 0.15) is 24.4 Å². The predicted molar refractivity (Wildman–Crippen MR) is 216 cm³/mol. The summed E-state index contributed by atoms with van der Waals surface area (Å²) < 4.78 is 11.1. The van der Waals surface area contributed by atoms with Crippen molar-refractivity contribution < 1.29 is 39.8 Å². The molecule has 6 N–H and O–H groups in total. The molecule has 7 atom stereocenters. The Kier molecular flexibility index (Phi) is 31.3. The van der Waals surface area contributed by atoms with Crippen LogP contribution in [0.15, 0.2) is 72.9 Å². The van der Waals surface area contributed by atoms with Crippen molar-refractivity contribution >= 4 is 5.91 Å². The Morgan fingerprint density at radius 2 is 1.17 bits per heavy atom. The molecule has 0 bridgehead atoms. The number of amides is 1. The molecule has 1 rings (SSSR count). The molecule has 0 radical (unpaired) electrons. The van der Waals surface area contributed by atoms with Gasteiger partial charge in [-0.2, -0.15) is 0 Å². The fourth-order valence-corrected chi connectivity index (χ4v) is 5.94. The number of hydrogen-bond acceptors (Lipinski definition) is 8. The van der Waals surface area contributed by atoms with Crippen molar-refractivity contribution in [1.29, 1.82) is 0 Å². The van der Waals surface area contributed by atoms with Crippen molar-refractivity contribution in [3.05, 3.63) is 72.9 Å². The fraction of sp³-hybridized carbons (Fsp3) is 0.705. The zero-order chi connectivity index (χ0) is 38.8. The van der Waals surface area contributed by atoms with Crippen LogP contribution in [0.4, 0.5) is 0 Å². The minimum Gasteiger partial charge on any atom is -0.394 e. The first-order valence-corrected chi connectivity index (χ1v) is 20.7. The number of ether oxygens (including phenoxy) is 2. The molecule has 9 nitrogen and oxygen atoms in total. The Morgan fingerprint density at radius 3 is 1.74 bits per heavy atom. The molecule has 1 heterocycles. The van der Waals surface area contributed by atoms with E-state index in [4.69, 9.17) is 9.47 Å². The van der Waals surface area contributed by atoms with Gasteiger partial charge in [0, 0.05) is 6.42 Å². The molecule has 0 aromatic rings. The van der Waals surface area contributed by atoms with Crippen LogP contribution < -0.4 is 5.32 Å². The maximum atomic E-state index is 12.9. The number of carbonyl (C=O) groups is 1. The van der Waals surface area contributed by atoms with E-state index in [1.807, 2.05) is 6.08 Å². The molecule has 7 unspecified atom stereocenters. The van der Waals surface area contributed by atoms with Gasteiger partial charge in [-0.05, 0) is 64.2 Å². The summed E-state index contributed by atoms with van der Waals surface area (Å²) in [7, 11) is 0. The summed E-state index contributed by atoms with van der Waals surface area (Å²) in [4.78, 5) is 12.9. The molecule has 1 saturated heterocycles. The van der Waals surface area contributed by atoms with E-state index in [9.17, 15) is 30.3 Å². The first-order chi connectivity index (χ1) is 25.8. The number of hydrogen-bond donors (Lipinski definition) is 6. The summed E-state index contributed by atoms with van der Waals surface area (Å²) in [6.45, 7) is 3.59. The van der Waals surface area contributed by atoms with E-state index in [-0.39, 0.29) is 12.5 Å². The molecule has 1 fully saturated rings. The monoisotopic (exact) mass is 746 g/mol. The van der Waals surface area contributed by atoms with E-state index in [2.05, 4.69) is 79.9 Å². The Hall–Kier alpha value is -2.37. The van der Waals surface area contributed by atoms with Gasteiger partial charge < -0.3 is 40.3 Å². The van der Waals surface area contributed by atoms with E-state index < -0.39 is 49.5 Å². The van der Waals surface area contributed by atoms with Crippen molar-refractivity contribution in [3.8, 4) is 0 Å². The second-order valence-electron chi connectivity index (χ2n) is 14.0.